The molecule has 3 aromatic rings. The molecule has 12 heteroatoms. The van der Waals surface area contributed by atoms with E-state index in [0.29, 0.717) is 35.5 Å². The number of carbonyl (C=O) groups is 2. The lowest BCUT2D eigenvalue weighted by atomic mass is 10.00. The number of methoxy groups -OCH3 is 1. The Morgan fingerprint density at radius 3 is 2.37 bits per heavy atom. The molecule has 0 spiro atoms. The molecule has 3 aliphatic rings. The number of imidazole rings is 1. The minimum atomic E-state index is -3.12. The molecule has 1 aliphatic carbocycles. The van der Waals surface area contributed by atoms with E-state index in [0.717, 1.165) is 25.7 Å². The van der Waals surface area contributed by atoms with E-state index in [-0.39, 0.29) is 47.4 Å². The molecule has 1 N–H and O–H groups in total. The van der Waals surface area contributed by atoms with Gasteiger partial charge in [-0.1, -0.05) is 0 Å². The number of alkyl halides is 2. The predicted octanol–water partition coefficient (Wildman–Crippen LogP) is 5.81. The first-order chi connectivity index (χ1) is 20.5. The number of pyridine rings is 1. The van der Waals surface area contributed by atoms with Gasteiger partial charge in [-0.2, -0.15) is 8.78 Å². The number of nitrogens with one attached hydrogen (secondary N) is 1. The number of fused-ring (bicyclic) bond motifs is 3. The Kier molecular flexibility index (Phi) is 7.55. The van der Waals surface area contributed by atoms with Crippen molar-refractivity contribution in [3.8, 4) is 28.5 Å². The van der Waals surface area contributed by atoms with Gasteiger partial charge < -0.3 is 29.2 Å². The molecular formula is C31H36F2N4O6. The number of halogens is 2. The zero-order valence-electron chi connectivity index (χ0n) is 24.6. The molecule has 4 heterocycles. The number of benzene rings is 1. The van der Waals surface area contributed by atoms with Gasteiger partial charge in [-0.25, -0.2) is 9.78 Å². The highest BCUT2D eigenvalue weighted by atomic mass is 19.3. The molecule has 43 heavy (non-hydrogen) atoms. The van der Waals surface area contributed by atoms with Crippen LogP contribution in [-0.4, -0.2) is 69.8 Å². The van der Waals surface area contributed by atoms with E-state index in [4.69, 9.17) is 18.9 Å². The number of rotatable bonds is 8. The van der Waals surface area contributed by atoms with Crippen LogP contribution in [0.1, 0.15) is 69.7 Å². The van der Waals surface area contributed by atoms with Gasteiger partial charge >= 0.3 is 12.7 Å². The van der Waals surface area contributed by atoms with E-state index in [1.807, 2.05) is 37.8 Å². The van der Waals surface area contributed by atoms with Gasteiger partial charge in [-0.15, -0.1) is 0 Å². The molecule has 0 radical (unpaired) electrons. The SMILES string of the molecule is COc1cc(-c2cnc3cc(OC4C[C@H]5CC[C@@H](C4)N5C(=O)OC(C)(C)C)ccn23)cc(OC(F)F)c1C(=O)NC1CC1. The van der Waals surface area contributed by atoms with Crippen molar-refractivity contribution in [3.05, 3.63) is 42.2 Å². The van der Waals surface area contributed by atoms with Crippen molar-refractivity contribution in [1.82, 2.24) is 19.6 Å². The van der Waals surface area contributed by atoms with Crippen molar-refractivity contribution in [2.45, 2.75) is 95.7 Å². The van der Waals surface area contributed by atoms with Gasteiger partial charge in [0, 0.05) is 48.8 Å². The van der Waals surface area contributed by atoms with Gasteiger partial charge in [0.1, 0.15) is 40.2 Å². The topological polar surface area (TPSA) is 104 Å². The molecule has 1 aromatic carbocycles. The van der Waals surface area contributed by atoms with Crippen LogP contribution in [0.4, 0.5) is 13.6 Å². The predicted molar refractivity (Wildman–Crippen MR) is 153 cm³/mol. The van der Waals surface area contributed by atoms with Gasteiger partial charge in [0.25, 0.3) is 5.91 Å². The summed E-state index contributed by atoms with van der Waals surface area (Å²) in [6, 6.07) is 6.84. The molecule has 230 valence electrons. The number of hydrogen-bond acceptors (Lipinski definition) is 7. The summed E-state index contributed by atoms with van der Waals surface area (Å²) < 4.78 is 50.8. The molecule has 3 atom stereocenters. The number of amides is 2. The lowest BCUT2D eigenvalue weighted by Crippen LogP contribution is -2.50. The minimum absolute atomic E-state index is 0.0270. The first-order valence-corrected chi connectivity index (χ1v) is 14.6. The summed E-state index contributed by atoms with van der Waals surface area (Å²) in [6.45, 7) is 2.49. The molecule has 2 bridgehead atoms. The molecule has 3 fully saturated rings. The summed E-state index contributed by atoms with van der Waals surface area (Å²) >= 11 is 0. The fourth-order valence-electron chi connectivity index (χ4n) is 6.07. The van der Waals surface area contributed by atoms with Crippen molar-refractivity contribution in [3.63, 3.8) is 0 Å². The smallest absolute Gasteiger partial charge is 0.410 e. The van der Waals surface area contributed by atoms with E-state index in [2.05, 4.69) is 10.3 Å². The summed E-state index contributed by atoms with van der Waals surface area (Å²) in [5.41, 5.74) is 1.05. The molecule has 2 saturated heterocycles. The Bertz CT molecular complexity index is 1520. The number of nitrogens with zero attached hydrogens (tertiary/aromatic N) is 3. The number of piperidine rings is 1. The van der Waals surface area contributed by atoms with Crippen LogP contribution in [0.15, 0.2) is 36.7 Å². The number of ether oxygens (including phenoxy) is 4. The third-order valence-electron chi connectivity index (χ3n) is 8.02. The highest BCUT2D eigenvalue weighted by Crippen LogP contribution is 2.40. The largest absolute Gasteiger partial charge is 0.496 e. The maximum absolute atomic E-state index is 13.4. The second kappa shape index (κ2) is 11.2. The van der Waals surface area contributed by atoms with Crippen molar-refractivity contribution >= 4 is 17.6 Å². The Labute approximate surface area is 248 Å². The van der Waals surface area contributed by atoms with Gasteiger partial charge in [0.15, 0.2) is 0 Å². The summed E-state index contributed by atoms with van der Waals surface area (Å²) in [6.07, 6.45) is 8.06. The van der Waals surface area contributed by atoms with Crippen molar-refractivity contribution in [2.75, 3.05) is 7.11 Å². The van der Waals surface area contributed by atoms with Crippen LogP contribution in [0.5, 0.6) is 17.2 Å². The Morgan fingerprint density at radius 1 is 1.05 bits per heavy atom. The maximum Gasteiger partial charge on any atom is 0.410 e. The summed E-state index contributed by atoms with van der Waals surface area (Å²) in [4.78, 5) is 32.1. The van der Waals surface area contributed by atoms with Crippen LogP contribution in [0.3, 0.4) is 0 Å². The Hall–Kier alpha value is -4.09. The quantitative estimate of drug-likeness (QED) is 0.349. The van der Waals surface area contributed by atoms with Gasteiger partial charge in [-0.3, -0.25) is 9.20 Å². The van der Waals surface area contributed by atoms with E-state index in [1.165, 1.54) is 13.2 Å². The average molecular weight is 599 g/mol. The first-order valence-electron chi connectivity index (χ1n) is 14.6. The van der Waals surface area contributed by atoms with Crippen LogP contribution in [0.25, 0.3) is 16.9 Å². The maximum atomic E-state index is 13.4. The highest BCUT2D eigenvalue weighted by molar-refractivity contribution is 6.01. The lowest BCUT2D eigenvalue weighted by molar-refractivity contribution is -0.0502. The first kappa shape index (κ1) is 29.0. The summed E-state index contributed by atoms with van der Waals surface area (Å²) in [7, 11) is 1.38. The average Bonchev–Trinajstić information content (AvgIpc) is 3.57. The summed E-state index contributed by atoms with van der Waals surface area (Å²) in [5, 5.41) is 2.81. The van der Waals surface area contributed by atoms with Crippen molar-refractivity contribution < 1.29 is 37.3 Å². The van der Waals surface area contributed by atoms with Gasteiger partial charge in [0.2, 0.25) is 0 Å². The third-order valence-corrected chi connectivity index (χ3v) is 8.02. The van der Waals surface area contributed by atoms with Crippen LogP contribution in [0, 0.1) is 0 Å². The molecular weight excluding hydrogens is 562 g/mol. The summed E-state index contributed by atoms with van der Waals surface area (Å²) in [5.74, 6) is -0.0312. The van der Waals surface area contributed by atoms with Crippen LogP contribution in [0.2, 0.25) is 0 Å². The third kappa shape index (κ3) is 6.18. The zero-order chi connectivity index (χ0) is 30.5. The van der Waals surface area contributed by atoms with Crippen molar-refractivity contribution in [2.24, 2.45) is 0 Å². The van der Waals surface area contributed by atoms with Crippen LogP contribution in [-0.2, 0) is 4.74 Å². The zero-order valence-corrected chi connectivity index (χ0v) is 24.6. The minimum Gasteiger partial charge on any atom is -0.496 e. The van der Waals surface area contributed by atoms with Crippen LogP contribution >= 0.6 is 0 Å². The molecule has 1 unspecified atom stereocenters. The molecule has 2 aromatic heterocycles. The van der Waals surface area contributed by atoms with E-state index < -0.39 is 18.1 Å². The molecule has 6 rings (SSSR count). The van der Waals surface area contributed by atoms with Gasteiger partial charge in [0.05, 0.1) is 19.0 Å². The lowest BCUT2D eigenvalue weighted by Gasteiger charge is -2.39. The Morgan fingerprint density at radius 2 is 1.74 bits per heavy atom. The molecule has 2 aliphatic heterocycles. The van der Waals surface area contributed by atoms with E-state index in [1.54, 1.807) is 22.9 Å². The van der Waals surface area contributed by atoms with E-state index >= 15 is 0 Å². The molecule has 10 nitrogen and oxygen atoms in total. The van der Waals surface area contributed by atoms with E-state index in [9.17, 15) is 18.4 Å². The van der Waals surface area contributed by atoms with Crippen LogP contribution < -0.4 is 19.5 Å². The number of hydrogen-bond donors (Lipinski definition) is 1. The fourth-order valence-corrected chi connectivity index (χ4v) is 6.07. The second-order valence-electron chi connectivity index (χ2n) is 12.4. The molecule has 2 amide bonds. The second-order valence-corrected chi connectivity index (χ2v) is 12.4. The Balaban J connectivity index is 1.21. The number of carbonyl (C=O) groups excluding carboxylic acids is 2. The fraction of sp³-hybridized carbons (Fsp3) is 0.516. The standard InChI is InChI=1S/C31H36F2N4O6/c1-31(2,3)43-30(39)37-19-7-8-20(37)14-22(13-19)41-21-9-10-36-23(16-34-26(36)15-21)17-11-24(40-4)27(25(12-17)42-29(32)33)28(38)35-18-5-6-18/h9-12,15-16,18-20,22,29H,5-8,13-14H2,1-4H3,(H,35,38)/t19-,20+,22?. The van der Waals surface area contributed by atoms with Crippen molar-refractivity contribution in [1.29, 1.82) is 0 Å². The normalized spacial score (nSPS) is 21.7. The van der Waals surface area contributed by atoms with Gasteiger partial charge in [-0.05, 0) is 64.7 Å². The number of aromatic nitrogens is 2. The monoisotopic (exact) mass is 598 g/mol. The highest BCUT2D eigenvalue weighted by Gasteiger charge is 2.45. The molecule has 1 saturated carbocycles.